The van der Waals surface area contributed by atoms with Gasteiger partial charge in [-0.3, -0.25) is 4.79 Å². The minimum Gasteiger partial charge on any atom is -0.459 e. The van der Waals surface area contributed by atoms with E-state index in [0.717, 1.165) is 16.5 Å². The standard InChI is InChI=1S/C25H19Cl2FN2O3/c26-20-5-3-6-21(27)19(20)14-33-25(32)23(30-24(31)15-8-10-17(28)11-9-15)12-16-13-29-22-7-2-1-4-18(16)22/h1-11,13,23,29H,12,14H2,(H,30,31). The van der Waals surface area contributed by atoms with Crippen LogP contribution in [0.4, 0.5) is 4.39 Å². The average Bonchev–Trinajstić information content (AvgIpc) is 3.21. The SMILES string of the molecule is O=C(NC(Cc1c[nH]c2ccccc12)C(=O)OCc1c(Cl)cccc1Cl)c1ccc(F)cc1. The summed E-state index contributed by atoms with van der Waals surface area (Å²) in [5, 5.41) is 4.38. The van der Waals surface area contributed by atoms with Gasteiger partial charge in [0, 0.05) is 44.7 Å². The number of carbonyl (C=O) groups is 2. The predicted octanol–water partition coefficient (Wildman–Crippen LogP) is 5.70. The van der Waals surface area contributed by atoms with E-state index in [1.807, 2.05) is 24.3 Å². The van der Waals surface area contributed by atoms with E-state index >= 15 is 0 Å². The number of hydrogen-bond donors (Lipinski definition) is 2. The summed E-state index contributed by atoms with van der Waals surface area (Å²) < 4.78 is 18.7. The van der Waals surface area contributed by atoms with Crippen molar-refractivity contribution < 1.29 is 18.7 Å². The van der Waals surface area contributed by atoms with Gasteiger partial charge in [-0.05, 0) is 48.0 Å². The number of nitrogens with one attached hydrogen (secondary N) is 2. The first-order valence-electron chi connectivity index (χ1n) is 10.1. The lowest BCUT2D eigenvalue weighted by Crippen LogP contribution is -2.43. The first-order chi connectivity index (χ1) is 15.9. The van der Waals surface area contributed by atoms with Crippen molar-refractivity contribution in [3.05, 3.63) is 105 Å². The molecule has 5 nitrogen and oxygen atoms in total. The van der Waals surface area contributed by atoms with Gasteiger partial charge in [-0.2, -0.15) is 0 Å². The van der Waals surface area contributed by atoms with Gasteiger partial charge in [-0.25, -0.2) is 9.18 Å². The van der Waals surface area contributed by atoms with Gasteiger partial charge in [-0.15, -0.1) is 0 Å². The number of carbonyl (C=O) groups excluding carboxylic acids is 2. The van der Waals surface area contributed by atoms with Crippen LogP contribution in [0.1, 0.15) is 21.5 Å². The van der Waals surface area contributed by atoms with Crippen molar-refractivity contribution >= 4 is 46.0 Å². The van der Waals surface area contributed by atoms with Crippen LogP contribution in [0.25, 0.3) is 10.9 Å². The summed E-state index contributed by atoms with van der Waals surface area (Å²) in [6.45, 7) is -0.145. The normalized spacial score (nSPS) is 11.8. The Morgan fingerprint density at radius 2 is 1.67 bits per heavy atom. The lowest BCUT2D eigenvalue weighted by molar-refractivity contribution is -0.147. The maximum atomic E-state index is 13.2. The molecule has 0 bridgehead atoms. The Morgan fingerprint density at radius 3 is 2.39 bits per heavy atom. The first kappa shape index (κ1) is 22.8. The van der Waals surface area contributed by atoms with Gasteiger partial charge in [0.15, 0.2) is 0 Å². The van der Waals surface area contributed by atoms with Gasteiger partial charge in [0.25, 0.3) is 5.91 Å². The van der Waals surface area contributed by atoms with E-state index in [1.165, 1.54) is 24.3 Å². The molecule has 0 radical (unpaired) electrons. The second kappa shape index (κ2) is 10.1. The Bertz CT molecular complexity index is 1280. The molecule has 1 amide bonds. The molecule has 0 aliphatic heterocycles. The van der Waals surface area contributed by atoms with Gasteiger partial charge in [0.1, 0.15) is 18.5 Å². The van der Waals surface area contributed by atoms with Gasteiger partial charge < -0.3 is 15.0 Å². The molecule has 0 aliphatic rings. The van der Waals surface area contributed by atoms with Crippen LogP contribution in [0.3, 0.4) is 0 Å². The van der Waals surface area contributed by atoms with Gasteiger partial charge in [0.05, 0.1) is 0 Å². The maximum absolute atomic E-state index is 13.2. The van der Waals surface area contributed by atoms with Crippen molar-refractivity contribution in [2.75, 3.05) is 0 Å². The lowest BCUT2D eigenvalue weighted by Gasteiger charge is -2.18. The number of aromatic amines is 1. The summed E-state index contributed by atoms with van der Waals surface area (Å²) in [7, 11) is 0. The molecule has 1 aromatic heterocycles. The van der Waals surface area contributed by atoms with E-state index in [2.05, 4.69) is 10.3 Å². The highest BCUT2D eigenvalue weighted by Gasteiger charge is 2.25. The molecule has 1 heterocycles. The Balaban J connectivity index is 1.56. The molecule has 1 unspecified atom stereocenters. The number of fused-ring (bicyclic) bond motifs is 1. The summed E-state index contributed by atoms with van der Waals surface area (Å²) in [6, 6.07) is 16.7. The van der Waals surface area contributed by atoms with Crippen LogP contribution in [0.5, 0.6) is 0 Å². The molecular weight excluding hydrogens is 466 g/mol. The number of aromatic nitrogens is 1. The molecule has 33 heavy (non-hydrogen) atoms. The van der Waals surface area contributed by atoms with Crippen LogP contribution >= 0.6 is 23.2 Å². The molecule has 168 valence electrons. The van der Waals surface area contributed by atoms with E-state index in [1.54, 1.807) is 24.4 Å². The van der Waals surface area contributed by atoms with Crippen molar-refractivity contribution in [3.63, 3.8) is 0 Å². The van der Waals surface area contributed by atoms with Crippen molar-refractivity contribution in [1.29, 1.82) is 0 Å². The van der Waals surface area contributed by atoms with Gasteiger partial charge in [0.2, 0.25) is 0 Å². The fourth-order valence-corrected chi connectivity index (χ4v) is 3.98. The highest BCUT2D eigenvalue weighted by Crippen LogP contribution is 2.25. The van der Waals surface area contributed by atoms with Gasteiger partial charge in [-0.1, -0.05) is 47.5 Å². The summed E-state index contributed by atoms with van der Waals surface area (Å²) in [5.74, 6) is -1.63. The molecule has 0 saturated heterocycles. The van der Waals surface area contributed by atoms with E-state index in [9.17, 15) is 14.0 Å². The molecule has 8 heteroatoms. The highest BCUT2D eigenvalue weighted by atomic mass is 35.5. The smallest absolute Gasteiger partial charge is 0.329 e. The van der Waals surface area contributed by atoms with Crippen molar-refractivity contribution in [1.82, 2.24) is 10.3 Å². The summed E-state index contributed by atoms with van der Waals surface area (Å²) in [4.78, 5) is 28.9. The summed E-state index contributed by atoms with van der Waals surface area (Å²) >= 11 is 12.3. The number of hydrogen-bond acceptors (Lipinski definition) is 3. The Kier molecular flexibility index (Phi) is 6.96. The maximum Gasteiger partial charge on any atom is 0.329 e. The fourth-order valence-electron chi connectivity index (χ4n) is 3.47. The monoisotopic (exact) mass is 484 g/mol. The largest absolute Gasteiger partial charge is 0.459 e. The number of halogens is 3. The number of amides is 1. The van der Waals surface area contributed by atoms with Crippen LogP contribution in [0.15, 0.2) is 72.9 Å². The Morgan fingerprint density at radius 1 is 0.970 bits per heavy atom. The van der Waals surface area contributed by atoms with Crippen LogP contribution < -0.4 is 5.32 Å². The summed E-state index contributed by atoms with van der Waals surface area (Å²) in [6.07, 6.45) is 1.98. The number of ether oxygens (including phenoxy) is 1. The quantitative estimate of drug-likeness (QED) is 0.330. The zero-order valence-corrected chi connectivity index (χ0v) is 18.8. The highest BCUT2D eigenvalue weighted by molar-refractivity contribution is 6.35. The minimum atomic E-state index is -0.997. The van der Waals surface area contributed by atoms with E-state index in [-0.39, 0.29) is 18.6 Å². The van der Waals surface area contributed by atoms with Gasteiger partial charge >= 0.3 is 5.97 Å². The van der Waals surface area contributed by atoms with Crippen LogP contribution in [-0.4, -0.2) is 22.9 Å². The molecule has 0 fully saturated rings. The fraction of sp³-hybridized carbons (Fsp3) is 0.120. The average molecular weight is 485 g/mol. The molecule has 3 aromatic carbocycles. The zero-order chi connectivity index (χ0) is 23.4. The third-order valence-electron chi connectivity index (χ3n) is 5.22. The number of H-pyrrole nitrogens is 1. The molecule has 0 saturated carbocycles. The molecule has 0 spiro atoms. The third kappa shape index (κ3) is 5.35. The lowest BCUT2D eigenvalue weighted by atomic mass is 10.0. The third-order valence-corrected chi connectivity index (χ3v) is 5.92. The molecule has 4 aromatic rings. The number of para-hydroxylation sites is 1. The minimum absolute atomic E-state index is 0.145. The van der Waals surface area contributed by atoms with E-state index < -0.39 is 23.7 Å². The second-order valence-corrected chi connectivity index (χ2v) is 8.22. The van der Waals surface area contributed by atoms with Crippen molar-refractivity contribution in [3.8, 4) is 0 Å². The summed E-state index contributed by atoms with van der Waals surface area (Å²) in [5.41, 5.74) is 2.45. The van der Waals surface area contributed by atoms with Crippen LogP contribution in [0, 0.1) is 5.82 Å². The van der Waals surface area contributed by atoms with Crippen molar-refractivity contribution in [2.24, 2.45) is 0 Å². The van der Waals surface area contributed by atoms with Crippen LogP contribution in [-0.2, 0) is 22.6 Å². The van der Waals surface area contributed by atoms with E-state index in [0.29, 0.717) is 15.6 Å². The number of benzene rings is 3. The van der Waals surface area contributed by atoms with Crippen molar-refractivity contribution in [2.45, 2.75) is 19.1 Å². The molecule has 4 rings (SSSR count). The number of rotatable bonds is 7. The molecule has 1 atom stereocenters. The van der Waals surface area contributed by atoms with Crippen LogP contribution in [0.2, 0.25) is 10.0 Å². The molecule has 2 N–H and O–H groups in total. The zero-order valence-electron chi connectivity index (χ0n) is 17.3. The first-order valence-corrected chi connectivity index (χ1v) is 10.9. The molecule has 0 aliphatic carbocycles. The molecular formula is C25H19Cl2FN2O3. The Hall–Kier alpha value is -3.35. The Labute approximate surface area is 199 Å². The second-order valence-electron chi connectivity index (χ2n) is 7.40. The topological polar surface area (TPSA) is 71.2 Å². The van der Waals surface area contributed by atoms with E-state index in [4.69, 9.17) is 27.9 Å². The number of esters is 1. The predicted molar refractivity (Wildman–Crippen MR) is 126 cm³/mol.